The molecule has 4 nitrogen and oxygen atoms in total. The largest absolute Gasteiger partial charge is 0.287 e. The third-order valence-corrected chi connectivity index (χ3v) is 2.90. The van der Waals surface area contributed by atoms with Gasteiger partial charge in [-0.15, -0.1) is 0 Å². The minimum Gasteiger partial charge on any atom is -0.287 e. The summed E-state index contributed by atoms with van der Waals surface area (Å²) < 4.78 is 35.9. The molecule has 0 radical (unpaired) electrons. The van der Waals surface area contributed by atoms with Gasteiger partial charge in [0.2, 0.25) is 0 Å². The fourth-order valence-corrected chi connectivity index (χ4v) is 1.81. The highest BCUT2D eigenvalue weighted by atomic mass is 32.2. The Bertz CT molecular complexity index is 445. The minimum absolute atomic E-state index is 0.156. The summed E-state index contributed by atoms with van der Waals surface area (Å²) in [7, 11) is -3.79. The van der Waals surface area contributed by atoms with Gasteiger partial charge in [-0.25, -0.2) is 12.8 Å². The number of hydrogen-bond donors (Lipinski definition) is 1. The first-order chi connectivity index (χ1) is 7.42. The lowest BCUT2D eigenvalue weighted by Gasteiger charge is -2.08. The number of nitrogens with one attached hydrogen (secondary N) is 1. The molecular formula is C10H14FNO3S. The SMILES string of the molecule is CC(C)CONS(=O)(=O)c1cccc(F)c1. The van der Waals surface area contributed by atoms with Gasteiger partial charge in [0.1, 0.15) is 5.82 Å². The molecule has 0 amide bonds. The van der Waals surface area contributed by atoms with Crippen LogP contribution in [0, 0.1) is 11.7 Å². The topological polar surface area (TPSA) is 55.4 Å². The van der Waals surface area contributed by atoms with Crippen LogP contribution in [0.3, 0.4) is 0 Å². The molecule has 0 heterocycles. The van der Waals surface area contributed by atoms with E-state index >= 15 is 0 Å². The van der Waals surface area contributed by atoms with Gasteiger partial charge < -0.3 is 0 Å². The number of benzene rings is 1. The second-order valence-corrected chi connectivity index (χ2v) is 5.39. The number of sulfonamides is 1. The maximum atomic E-state index is 12.8. The zero-order valence-electron chi connectivity index (χ0n) is 9.10. The first-order valence-corrected chi connectivity index (χ1v) is 6.29. The van der Waals surface area contributed by atoms with E-state index in [0.717, 1.165) is 6.07 Å². The monoisotopic (exact) mass is 247 g/mol. The van der Waals surface area contributed by atoms with E-state index in [0.29, 0.717) is 0 Å². The molecule has 0 fully saturated rings. The van der Waals surface area contributed by atoms with Gasteiger partial charge in [0.25, 0.3) is 10.0 Å². The smallest absolute Gasteiger partial charge is 0.262 e. The molecule has 1 N–H and O–H groups in total. The third-order valence-electron chi connectivity index (χ3n) is 1.69. The predicted molar refractivity (Wildman–Crippen MR) is 57.5 cm³/mol. The van der Waals surface area contributed by atoms with E-state index in [1.807, 2.05) is 18.7 Å². The van der Waals surface area contributed by atoms with Crippen LogP contribution >= 0.6 is 0 Å². The highest BCUT2D eigenvalue weighted by molar-refractivity contribution is 7.89. The van der Waals surface area contributed by atoms with Gasteiger partial charge in [0, 0.05) is 0 Å². The van der Waals surface area contributed by atoms with Gasteiger partial charge in [-0.1, -0.05) is 24.8 Å². The lowest BCUT2D eigenvalue weighted by atomic mass is 10.2. The molecule has 0 aliphatic carbocycles. The van der Waals surface area contributed by atoms with Crippen LogP contribution in [0.4, 0.5) is 4.39 Å². The molecule has 0 aliphatic rings. The molecule has 1 aromatic carbocycles. The Hall–Kier alpha value is -0.980. The first-order valence-electron chi connectivity index (χ1n) is 4.81. The predicted octanol–water partition coefficient (Wildman–Crippen LogP) is 1.69. The van der Waals surface area contributed by atoms with E-state index in [2.05, 4.69) is 0 Å². The average molecular weight is 247 g/mol. The Balaban J connectivity index is 2.71. The molecule has 0 spiro atoms. The van der Waals surface area contributed by atoms with E-state index in [4.69, 9.17) is 4.84 Å². The second kappa shape index (κ2) is 5.38. The highest BCUT2D eigenvalue weighted by Gasteiger charge is 2.14. The molecule has 0 bridgehead atoms. The summed E-state index contributed by atoms with van der Waals surface area (Å²) in [5, 5.41) is 0. The average Bonchev–Trinajstić information content (AvgIpc) is 2.16. The fraction of sp³-hybridized carbons (Fsp3) is 0.400. The van der Waals surface area contributed by atoms with Crippen molar-refractivity contribution >= 4 is 10.0 Å². The molecule has 1 aromatic rings. The summed E-state index contributed by atoms with van der Waals surface area (Å²) in [6.45, 7) is 4.03. The van der Waals surface area contributed by atoms with Crippen LogP contribution in [-0.4, -0.2) is 15.0 Å². The maximum Gasteiger partial charge on any atom is 0.262 e. The number of hydrogen-bond acceptors (Lipinski definition) is 3. The zero-order chi connectivity index (χ0) is 12.2. The zero-order valence-corrected chi connectivity index (χ0v) is 9.92. The highest BCUT2D eigenvalue weighted by Crippen LogP contribution is 2.10. The quantitative estimate of drug-likeness (QED) is 0.806. The summed E-state index contributed by atoms with van der Waals surface area (Å²) in [5.74, 6) is -0.401. The second-order valence-electron chi connectivity index (χ2n) is 3.75. The van der Waals surface area contributed by atoms with E-state index in [-0.39, 0.29) is 17.4 Å². The summed E-state index contributed by atoms with van der Waals surface area (Å²) >= 11 is 0. The van der Waals surface area contributed by atoms with Crippen molar-refractivity contribution in [1.29, 1.82) is 0 Å². The van der Waals surface area contributed by atoms with Crippen molar-refractivity contribution in [2.45, 2.75) is 18.7 Å². The van der Waals surface area contributed by atoms with Crippen molar-refractivity contribution in [3.05, 3.63) is 30.1 Å². The van der Waals surface area contributed by atoms with E-state index in [9.17, 15) is 12.8 Å². The van der Waals surface area contributed by atoms with Gasteiger partial charge in [-0.05, 0) is 24.1 Å². The fourth-order valence-electron chi connectivity index (χ4n) is 0.961. The van der Waals surface area contributed by atoms with Crippen molar-refractivity contribution in [3.8, 4) is 0 Å². The minimum atomic E-state index is -3.79. The van der Waals surface area contributed by atoms with Crippen LogP contribution in [-0.2, 0) is 14.9 Å². The third kappa shape index (κ3) is 3.88. The Morgan fingerprint density at radius 2 is 2.12 bits per heavy atom. The van der Waals surface area contributed by atoms with Crippen LogP contribution in [0.25, 0.3) is 0 Å². The normalized spacial score (nSPS) is 12.0. The van der Waals surface area contributed by atoms with Gasteiger partial charge >= 0.3 is 0 Å². The van der Waals surface area contributed by atoms with E-state index < -0.39 is 15.8 Å². The van der Waals surface area contributed by atoms with Gasteiger partial charge in [-0.3, -0.25) is 4.84 Å². The van der Waals surface area contributed by atoms with Crippen molar-refractivity contribution in [2.24, 2.45) is 5.92 Å². The Morgan fingerprint density at radius 3 is 2.69 bits per heavy atom. The van der Waals surface area contributed by atoms with Crippen molar-refractivity contribution in [3.63, 3.8) is 0 Å². The molecule has 6 heteroatoms. The molecule has 0 aliphatic heterocycles. The van der Waals surface area contributed by atoms with Crippen molar-refractivity contribution in [2.75, 3.05) is 6.61 Å². The Labute approximate surface area is 94.4 Å². The van der Waals surface area contributed by atoms with Crippen LogP contribution in [0.2, 0.25) is 0 Å². The molecule has 0 unspecified atom stereocenters. The molecule has 16 heavy (non-hydrogen) atoms. The first kappa shape index (κ1) is 13.1. The Morgan fingerprint density at radius 1 is 1.44 bits per heavy atom. The lowest BCUT2D eigenvalue weighted by molar-refractivity contribution is 0.0718. The maximum absolute atomic E-state index is 12.8. The number of halogens is 1. The molecule has 0 saturated heterocycles. The van der Waals surface area contributed by atoms with Gasteiger partial charge in [0.05, 0.1) is 11.5 Å². The molecule has 0 saturated carbocycles. The molecule has 1 rings (SSSR count). The molecule has 90 valence electrons. The number of rotatable bonds is 5. The van der Waals surface area contributed by atoms with Gasteiger partial charge in [-0.2, -0.15) is 0 Å². The van der Waals surface area contributed by atoms with Crippen LogP contribution < -0.4 is 4.89 Å². The van der Waals surface area contributed by atoms with Crippen LogP contribution in [0.15, 0.2) is 29.2 Å². The lowest BCUT2D eigenvalue weighted by Crippen LogP contribution is -2.25. The Kier molecular flexibility index (Phi) is 4.40. The van der Waals surface area contributed by atoms with Crippen molar-refractivity contribution < 1.29 is 17.6 Å². The van der Waals surface area contributed by atoms with Gasteiger partial charge in [0.15, 0.2) is 0 Å². The summed E-state index contributed by atoms with van der Waals surface area (Å²) in [6, 6.07) is 4.73. The summed E-state index contributed by atoms with van der Waals surface area (Å²) in [6.07, 6.45) is 0. The van der Waals surface area contributed by atoms with Crippen LogP contribution in [0.1, 0.15) is 13.8 Å². The summed E-state index contributed by atoms with van der Waals surface area (Å²) in [4.78, 5) is 6.58. The van der Waals surface area contributed by atoms with E-state index in [1.165, 1.54) is 18.2 Å². The van der Waals surface area contributed by atoms with Crippen molar-refractivity contribution in [1.82, 2.24) is 4.89 Å². The molecule has 0 aromatic heterocycles. The van der Waals surface area contributed by atoms with Crippen LogP contribution in [0.5, 0.6) is 0 Å². The molecule has 0 atom stereocenters. The molecular weight excluding hydrogens is 233 g/mol. The van der Waals surface area contributed by atoms with E-state index in [1.54, 1.807) is 0 Å². The summed E-state index contributed by atoms with van der Waals surface area (Å²) in [5.41, 5.74) is 0. The standard InChI is InChI=1S/C10H14FNO3S/c1-8(2)7-15-12-16(13,14)10-5-3-4-9(11)6-10/h3-6,8,12H,7H2,1-2H3.